The molecule has 160 valence electrons. The summed E-state index contributed by atoms with van der Waals surface area (Å²) in [6, 6.07) is 6.99. The number of unbranched alkanes of at least 4 members (excludes halogenated alkanes) is 5. The van der Waals surface area contributed by atoms with Crippen molar-refractivity contribution in [2.24, 2.45) is 0 Å². The molecule has 6 heteroatoms. The maximum atomic E-state index is 11.9. The van der Waals surface area contributed by atoms with Gasteiger partial charge in [0.05, 0.1) is 24.4 Å². The van der Waals surface area contributed by atoms with Gasteiger partial charge in [0, 0.05) is 5.92 Å². The Kier molecular flexibility index (Phi) is 9.35. The Morgan fingerprint density at radius 3 is 2.10 bits per heavy atom. The number of benzene rings is 1. The van der Waals surface area contributed by atoms with E-state index in [2.05, 4.69) is 6.92 Å². The molecule has 0 saturated carbocycles. The molecule has 1 aliphatic rings. The molecular formula is C23H32O6. The summed E-state index contributed by atoms with van der Waals surface area (Å²) in [5.41, 5.74) is 1.21. The first-order chi connectivity index (χ1) is 14.0. The quantitative estimate of drug-likeness (QED) is 0.383. The van der Waals surface area contributed by atoms with Crippen molar-refractivity contribution in [1.82, 2.24) is 0 Å². The average molecular weight is 405 g/mol. The largest absolute Gasteiger partial charge is 0.478 e. The van der Waals surface area contributed by atoms with Crippen LogP contribution in [-0.2, 0) is 19.1 Å². The Morgan fingerprint density at radius 2 is 1.55 bits per heavy atom. The van der Waals surface area contributed by atoms with Crippen LogP contribution in [0, 0.1) is 0 Å². The number of rotatable bonds is 12. The van der Waals surface area contributed by atoms with Gasteiger partial charge in [0.1, 0.15) is 0 Å². The zero-order valence-electron chi connectivity index (χ0n) is 17.4. The minimum Gasteiger partial charge on any atom is -0.478 e. The van der Waals surface area contributed by atoms with Crippen molar-refractivity contribution in [2.75, 3.05) is 13.2 Å². The summed E-state index contributed by atoms with van der Waals surface area (Å²) in [6.45, 7) is 5.27. The summed E-state index contributed by atoms with van der Waals surface area (Å²) >= 11 is 0. The number of carboxylic acid groups (broad SMARTS) is 2. The number of aliphatic carboxylic acids is 2. The van der Waals surface area contributed by atoms with Gasteiger partial charge >= 0.3 is 11.9 Å². The van der Waals surface area contributed by atoms with Crippen LogP contribution in [0.5, 0.6) is 0 Å². The van der Waals surface area contributed by atoms with E-state index in [9.17, 15) is 19.8 Å². The molecule has 0 radical (unpaired) electrons. The van der Waals surface area contributed by atoms with Crippen LogP contribution in [0.15, 0.2) is 29.8 Å². The van der Waals surface area contributed by atoms with E-state index < -0.39 is 11.9 Å². The zero-order chi connectivity index (χ0) is 21.2. The van der Waals surface area contributed by atoms with Crippen molar-refractivity contribution < 1.29 is 29.3 Å². The van der Waals surface area contributed by atoms with Gasteiger partial charge in [0.15, 0.2) is 6.29 Å². The number of ether oxygens (including phenoxy) is 2. The third-order valence-corrected chi connectivity index (χ3v) is 5.34. The molecule has 1 saturated heterocycles. The second-order valence-electron chi connectivity index (χ2n) is 7.50. The first-order valence-electron chi connectivity index (χ1n) is 10.5. The van der Waals surface area contributed by atoms with Crippen LogP contribution >= 0.6 is 0 Å². The molecule has 6 nitrogen and oxygen atoms in total. The van der Waals surface area contributed by atoms with Gasteiger partial charge in [-0.1, -0.05) is 70.2 Å². The van der Waals surface area contributed by atoms with Gasteiger partial charge in [0.25, 0.3) is 0 Å². The van der Waals surface area contributed by atoms with E-state index in [1.54, 1.807) is 12.1 Å². The third-order valence-electron chi connectivity index (χ3n) is 5.34. The number of carboxylic acids is 2. The molecule has 29 heavy (non-hydrogen) atoms. The predicted octanol–water partition coefficient (Wildman–Crippen LogP) is 4.84. The highest BCUT2D eigenvalue weighted by Gasteiger charge is 2.25. The van der Waals surface area contributed by atoms with Gasteiger partial charge in [-0.25, -0.2) is 9.59 Å². The van der Waals surface area contributed by atoms with Crippen molar-refractivity contribution >= 4 is 17.5 Å². The average Bonchev–Trinajstić information content (AvgIpc) is 3.24. The summed E-state index contributed by atoms with van der Waals surface area (Å²) in [6.07, 6.45) is 6.02. The monoisotopic (exact) mass is 404 g/mol. The summed E-state index contributed by atoms with van der Waals surface area (Å²) in [4.78, 5) is 23.7. The second kappa shape index (κ2) is 11.7. The Hall–Kier alpha value is -2.18. The fourth-order valence-corrected chi connectivity index (χ4v) is 3.62. The molecule has 0 aromatic heterocycles. The molecule has 1 aromatic carbocycles. The lowest BCUT2D eigenvalue weighted by Crippen LogP contribution is -2.17. The standard InChI is InChI=1S/C23H32O6/c1-3-4-5-6-7-8-9-19(21(24)25)20(22(26)27)18-12-10-17(11-13-18)16(2)23-28-14-15-29-23/h10-13,16,23H,3-9,14-15H2,1-2H3,(H,24,25)(H,26,27)/b20-19-. The van der Waals surface area contributed by atoms with Crippen molar-refractivity contribution in [1.29, 1.82) is 0 Å². The second-order valence-corrected chi connectivity index (χ2v) is 7.50. The lowest BCUT2D eigenvalue weighted by atomic mass is 9.93. The summed E-state index contributed by atoms with van der Waals surface area (Å²) < 4.78 is 11.1. The normalized spacial score (nSPS) is 16.5. The van der Waals surface area contributed by atoms with E-state index in [1.807, 2.05) is 19.1 Å². The first kappa shape index (κ1) is 23.1. The maximum absolute atomic E-state index is 11.9. The highest BCUT2D eigenvalue weighted by atomic mass is 16.7. The molecule has 0 aliphatic carbocycles. The van der Waals surface area contributed by atoms with Crippen LogP contribution in [0.3, 0.4) is 0 Å². The molecule has 2 N–H and O–H groups in total. The Balaban J connectivity index is 2.15. The molecule has 0 spiro atoms. The summed E-state index contributed by atoms with van der Waals surface area (Å²) in [5, 5.41) is 19.3. The molecular weight excluding hydrogens is 372 g/mol. The van der Waals surface area contributed by atoms with Crippen molar-refractivity contribution in [3.63, 3.8) is 0 Å². The van der Waals surface area contributed by atoms with E-state index in [0.717, 1.165) is 31.2 Å². The third kappa shape index (κ3) is 6.68. The van der Waals surface area contributed by atoms with Gasteiger partial charge in [0.2, 0.25) is 0 Å². The zero-order valence-corrected chi connectivity index (χ0v) is 17.4. The van der Waals surface area contributed by atoms with E-state index in [1.165, 1.54) is 6.42 Å². The fourth-order valence-electron chi connectivity index (χ4n) is 3.62. The Bertz CT molecular complexity index is 701. The van der Waals surface area contributed by atoms with Crippen LogP contribution in [0.1, 0.15) is 75.8 Å². The molecule has 0 bridgehead atoms. The van der Waals surface area contributed by atoms with E-state index in [0.29, 0.717) is 25.2 Å². The van der Waals surface area contributed by atoms with Crippen molar-refractivity contribution in [3.05, 3.63) is 41.0 Å². The van der Waals surface area contributed by atoms with Gasteiger partial charge in [-0.15, -0.1) is 0 Å². The lowest BCUT2D eigenvalue weighted by Gasteiger charge is -2.18. The summed E-state index contributed by atoms with van der Waals surface area (Å²) in [7, 11) is 0. The molecule has 1 fully saturated rings. The van der Waals surface area contributed by atoms with Gasteiger partial charge in [-0.05, 0) is 24.0 Å². The fraction of sp³-hybridized carbons (Fsp3) is 0.565. The van der Waals surface area contributed by atoms with Crippen LogP contribution < -0.4 is 0 Å². The smallest absolute Gasteiger partial charge is 0.336 e. The van der Waals surface area contributed by atoms with Crippen LogP contribution in [0.2, 0.25) is 0 Å². The maximum Gasteiger partial charge on any atom is 0.336 e. The van der Waals surface area contributed by atoms with E-state index >= 15 is 0 Å². The summed E-state index contributed by atoms with van der Waals surface area (Å²) in [5.74, 6) is -2.37. The predicted molar refractivity (Wildman–Crippen MR) is 111 cm³/mol. The molecule has 1 atom stereocenters. The molecule has 1 aromatic rings. The van der Waals surface area contributed by atoms with Crippen molar-refractivity contribution in [3.8, 4) is 0 Å². The minimum absolute atomic E-state index is 0.00544. The van der Waals surface area contributed by atoms with Crippen LogP contribution in [0.4, 0.5) is 0 Å². The molecule has 1 heterocycles. The van der Waals surface area contributed by atoms with Crippen LogP contribution in [0.25, 0.3) is 5.57 Å². The molecule has 1 aliphatic heterocycles. The van der Waals surface area contributed by atoms with E-state index in [4.69, 9.17) is 9.47 Å². The van der Waals surface area contributed by atoms with Gasteiger partial charge < -0.3 is 19.7 Å². The topological polar surface area (TPSA) is 93.1 Å². The van der Waals surface area contributed by atoms with Crippen molar-refractivity contribution in [2.45, 2.75) is 71.0 Å². The molecule has 1 unspecified atom stereocenters. The van der Waals surface area contributed by atoms with E-state index in [-0.39, 0.29) is 29.8 Å². The highest BCUT2D eigenvalue weighted by Crippen LogP contribution is 2.29. The highest BCUT2D eigenvalue weighted by molar-refractivity contribution is 6.21. The number of hydrogen-bond acceptors (Lipinski definition) is 4. The first-order valence-corrected chi connectivity index (χ1v) is 10.5. The molecule has 2 rings (SSSR count). The lowest BCUT2D eigenvalue weighted by molar-refractivity contribution is -0.134. The Morgan fingerprint density at radius 1 is 0.966 bits per heavy atom. The van der Waals surface area contributed by atoms with Gasteiger partial charge in [-0.2, -0.15) is 0 Å². The Labute approximate surface area is 172 Å². The molecule has 0 amide bonds. The SMILES string of the molecule is CCCCCCCC/C(C(=O)O)=C(/C(=O)O)c1ccc(C(C)C2OCCO2)cc1. The minimum atomic E-state index is -1.21. The van der Waals surface area contributed by atoms with Crippen LogP contribution in [-0.4, -0.2) is 41.7 Å². The van der Waals surface area contributed by atoms with Gasteiger partial charge in [-0.3, -0.25) is 0 Å². The number of carbonyl (C=O) groups is 2. The number of hydrogen-bond donors (Lipinski definition) is 2.